The molecular weight excluding hydrogens is 285 g/mol. The molecule has 0 spiro atoms. The fourth-order valence-corrected chi connectivity index (χ4v) is 2.79. The molecule has 122 valence electrons. The van der Waals surface area contributed by atoms with Crippen molar-refractivity contribution >= 4 is 11.9 Å². The summed E-state index contributed by atoms with van der Waals surface area (Å²) in [6.45, 7) is 10.6. The zero-order valence-corrected chi connectivity index (χ0v) is 13.8. The number of carbonyl (C=O) groups is 1. The van der Waals surface area contributed by atoms with Crippen LogP contribution in [-0.4, -0.2) is 46.8 Å². The van der Waals surface area contributed by atoms with Crippen molar-refractivity contribution in [2.75, 3.05) is 18.0 Å². The normalized spacial score (nSPS) is 22.6. The molecule has 2 heterocycles. The Labute approximate surface area is 131 Å². The van der Waals surface area contributed by atoms with Crippen molar-refractivity contribution in [3.63, 3.8) is 0 Å². The molecule has 2 rings (SSSR count). The molecule has 0 aromatic carbocycles. The lowest BCUT2D eigenvalue weighted by Crippen LogP contribution is -2.59. The van der Waals surface area contributed by atoms with E-state index in [-0.39, 0.29) is 18.2 Å². The van der Waals surface area contributed by atoms with Gasteiger partial charge >= 0.3 is 6.09 Å². The van der Waals surface area contributed by atoms with Gasteiger partial charge in [-0.25, -0.2) is 9.78 Å². The summed E-state index contributed by atoms with van der Waals surface area (Å²) in [5.41, 5.74) is -0.509. The quantitative estimate of drug-likeness (QED) is 0.748. The largest absolute Gasteiger partial charge is 0.444 e. The van der Waals surface area contributed by atoms with Crippen LogP contribution >= 0.6 is 0 Å². The van der Waals surface area contributed by atoms with Gasteiger partial charge in [0.25, 0.3) is 0 Å². The molecule has 22 heavy (non-hydrogen) atoms. The van der Waals surface area contributed by atoms with Crippen molar-refractivity contribution in [1.82, 2.24) is 9.88 Å². The summed E-state index contributed by atoms with van der Waals surface area (Å²) in [4.78, 5) is 19.9. The van der Waals surface area contributed by atoms with Gasteiger partial charge in [0, 0.05) is 25.2 Å². The molecule has 0 N–H and O–H groups in total. The van der Waals surface area contributed by atoms with Gasteiger partial charge in [0.1, 0.15) is 11.4 Å². The average Bonchev–Trinajstić information content (AvgIpc) is 2.35. The summed E-state index contributed by atoms with van der Waals surface area (Å²) in [7, 11) is 0. The van der Waals surface area contributed by atoms with Crippen LogP contribution in [0.4, 0.5) is 15.0 Å². The highest BCUT2D eigenvalue weighted by Gasteiger charge is 2.34. The molecule has 6 heteroatoms. The van der Waals surface area contributed by atoms with Gasteiger partial charge in [-0.15, -0.1) is 0 Å². The summed E-state index contributed by atoms with van der Waals surface area (Å²) in [5.74, 6) is 0.107. The minimum absolute atomic E-state index is 0.0329. The molecule has 1 aliphatic rings. The highest BCUT2D eigenvalue weighted by molar-refractivity contribution is 5.69. The van der Waals surface area contributed by atoms with Crippen LogP contribution in [0, 0.1) is 5.95 Å². The Hall–Kier alpha value is -1.85. The molecule has 1 aliphatic heterocycles. The Balaban J connectivity index is 2.11. The van der Waals surface area contributed by atoms with Crippen molar-refractivity contribution in [3.8, 4) is 0 Å². The van der Waals surface area contributed by atoms with Gasteiger partial charge in [-0.05, 0) is 46.8 Å². The molecule has 1 aromatic heterocycles. The first kappa shape index (κ1) is 16.5. The number of ether oxygens (including phenoxy) is 1. The number of halogens is 1. The van der Waals surface area contributed by atoms with E-state index in [0.717, 1.165) is 0 Å². The highest BCUT2D eigenvalue weighted by Crippen LogP contribution is 2.24. The number of nitrogens with zero attached hydrogens (tertiary/aromatic N) is 3. The Bertz CT molecular complexity index is 532. The number of carbonyl (C=O) groups excluding carboxylic acids is 1. The van der Waals surface area contributed by atoms with Crippen LogP contribution in [0.25, 0.3) is 0 Å². The standard InChI is InChI=1S/C16H24FN3O2/c1-11-9-19(15(21)22-16(3,4)5)10-12(2)20(11)14-8-6-7-13(17)18-14/h6-8,11-12H,9-10H2,1-5H3. The number of amides is 1. The smallest absolute Gasteiger partial charge is 0.410 e. The molecule has 5 nitrogen and oxygen atoms in total. The second-order valence-electron chi connectivity index (χ2n) is 6.81. The maximum atomic E-state index is 13.3. The molecule has 1 aromatic rings. The third-order valence-electron chi connectivity index (χ3n) is 3.54. The summed E-state index contributed by atoms with van der Waals surface area (Å²) < 4.78 is 18.8. The molecule has 1 saturated heterocycles. The zero-order valence-electron chi connectivity index (χ0n) is 13.8. The molecule has 0 bridgehead atoms. The fourth-order valence-electron chi connectivity index (χ4n) is 2.79. The average molecular weight is 309 g/mol. The fraction of sp³-hybridized carbons (Fsp3) is 0.625. The molecule has 0 radical (unpaired) electrons. The van der Waals surface area contributed by atoms with E-state index in [9.17, 15) is 9.18 Å². The first-order chi connectivity index (χ1) is 10.2. The zero-order chi connectivity index (χ0) is 16.5. The van der Waals surface area contributed by atoms with Crippen LogP contribution in [0.3, 0.4) is 0 Å². The first-order valence-corrected chi connectivity index (χ1v) is 7.56. The van der Waals surface area contributed by atoms with Gasteiger partial charge in [0.2, 0.25) is 5.95 Å². The number of hydrogen-bond acceptors (Lipinski definition) is 4. The van der Waals surface area contributed by atoms with E-state index >= 15 is 0 Å². The maximum absolute atomic E-state index is 13.3. The number of aromatic nitrogens is 1. The topological polar surface area (TPSA) is 45.7 Å². The molecule has 2 atom stereocenters. The monoisotopic (exact) mass is 309 g/mol. The van der Waals surface area contributed by atoms with E-state index in [1.54, 1.807) is 17.0 Å². The van der Waals surface area contributed by atoms with Crippen molar-refractivity contribution in [2.24, 2.45) is 0 Å². The van der Waals surface area contributed by atoms with Crippen LogP contribution in [0.1, 0.15) is 34.6 Å². The number of rotatable bonds is 1. The van der Waals surface area contributed by atoms with E-state index in [1.807, 2.05) is 39.5 Å². The summed E-state index contributed by atoms with van der Waals surface area (Å²) in [5, 5.41) is 0. The predicted octanol–water partition coefficient (Wildman–Crippen LogP) is 3.05. The molecule has 2 unspecified atom stereocenters. The van der Waals surface area contributed by atoms with Gasteiger partial charge in [-0.2, -0.15) is 4.39 Å². The molecular formula is C16H24FN3O2. The van der Waals surface area contributed by atoms with Crippen LogP contribution in [0.2, 0.25) is 0 Å². The van der Waals surface area contributed by atoms with Crippen molar-refractivity contribution in [3.05, 3.63) is 24.1 Å². The molecule has 1 amide bonds. The lowest BCUT2D eigenvalue weighted by molar-refractivity contribution is 0.0192. The van der Waals surface area contributed by atoms with Crippen LogP contribution in [0.5, 0.6) is 0 Å². The van der Waals surface area contributed by atoms with E-state index in [0.29, 0.717) is 18.9 Å². The third kappa shape index (κ3) is 3.87. The number of anilines is 1. The van der Waals surface area contributed by atoms with Crippen molar-refractivity contribution in [2.45, 2.75) is 52.3 Å². The Morgan fingerprint density at radius 2 is 1.86 bits per heavy atom. The lowest BCUT2D eigenvalue weighted by atomic mass is 10.1. The summed E-state index contributed by atoms with van der Waals surface area (Å²) in [6, 6.07) is 4.84. The van der Waals surface area contributed by atoms with Crippen LogP contribution in [0.15, 0.2) is 18.2 Å². The highest BCUT2D eigenvalue weighted by atomic mass is 19.1. The van der Waals surface area contributed by atoms with Gasteiger partial charge in [-0.3, -0.25) is 0 Å². The van der Waals surface area contributed by atoms with E-state index < -0.39 is 11.5 Å². The molecule has 0 aliphatic carbocycles. The SMILES string of the molecule is CC1CN(C(=O)OC(C)(C)C)CC(C)N1c1cccc(F)n1. The van der Waals surface area contributed by atoms with Crippen molar-refractivity contribution in [1.29, 1.82) is 0 Å². The second kappa shape index (κ2) is 6.10. The number of pyridine rings is 1. The Morgan fingerprint density at radius 1 is 1.27 bits per heavy atom. The summed E-state index contributed by atoms with van der Waals surface area (Å²) >= 11 is 0. The second-order valence-corrected chi connectivity index (χ2v) is 6.81. The Kier molecular flexibility index (Phi) is 4.58. The minimum atomic E-state index is -0.509. The van der Waals surface area contributed by atoms with Gasteiger partial charge in [-0.1, -0.05) is 6.07 Å². The molecule has 0 saturated carbocycles. The third-order valence-corrected chi connectivity index (χ3v) is 3.54. The molecule has 1 fully saturated rings. The van der Waals surface area contributed by atoms with Crippen molar-refractivity contribution < 1.29 is 13.9 Å². The maximum Gasteiger partial charge on any atom is 0.410 e. The Morgan fingerprint density at radius 3 is 2.36 bits per heavy atom. The van der Waals surface area contributed by atoms with Crippen LogP contribution in [-0.2, 0) is 4.74 Å². The van der Waals surface area contributed by atoms with E-state index in [4.69, 9.17) is 4.74 Å². The van der Waals surface area contributed by atoms with E-state index in [2.05, 4.69) is 4.98 Å². The van der Waals surface area contributed by atoms with Crippen LogP contribution < -0.4 is 4.90 Å². The minimum Gasteiger partial charge on any atom is -0.444 e. The number of piperazine rings is 1. The first-order valence-electron chi connectivity index (χ1n) is 7.56. The number of hydrogen-bond donors (Lipinski definition) is 0. The van der Waals surface area contributed by atoms with Gasteiger partial charge in [0.15, 0.2) is 0 Å². The van der Waals surface area contributed by atoms with E-state index in [1.165, 1.54) is 6.07 Å². The lowest BCUT2D eigenvalue weighted by Gasteiger charge is -2.45. The van der Waals surface area contributed by atoms with Gasteiger partial charge < -0.3 is 14.5 Å². The summed E-state index contributed by atoms with van der Waals surface area (Å²) in [6.07, 6.45) is -0.307. The van der Waals surface area contributed by atoms with Gasteiger partial charge in [0.05, 0.1) is 0 Å². The predicted molar refractivity (Wildman–Crippen MR) is 83.4 cm³/mol.